The zero-order valence-electron chi connectivity index (χ0n) is 10.6. The molecule has 1 saturated carbocycles. The Balaban J connectivity index is 2.02. The van der Waals surface area contributed by atoms with Crippen LogP contribution in [0, 0.1) is 14.9 Å². The molecule has 1 aromatic carbocycles. The molecule has 1 aliphatic rings. The first-order chi connectivity index (χ1) is 8.44. The van der Waals surface area contributed by atoms with Gasteiger partial charge in [0.1, 0.15) is 0 Å². The van der Waals surface area contributed by atoms with E-state index in [0.29, 0.717) is 21.9 Å². The Kier molecular flexibility index (Phi) is 4.22. The molecule has 98 valence electrons. The minimum atomic E-state index is -0.0196. The van der Waals surface area contributed by atoms with Crippen molar-refractivity contribution in [3.63, 3.8) is 0 Å². The maximum Gasteiger partial charge on any atom is 0.252 e. The average molecular weight is 378 g/mol. The van der Waals surface area contributed by atoms with E-state index in [2.05, 4.69) is 41.8 Å². The quantitative estimate of drug-likeness (QED) is 0.786. The van der Waals surface area contributed by atoms with Crippen molar-refractivity contribution in [2.75, 3.05) is 6.54 Å². The number of rotatable bonds is 4. The Morgan fingerprint density at radius 3 is 2.72 bits per heavy atom. The van der Waals surface area contributed by atoms with Crippen molar-refractivity contribution in [1.29, 1.82) is 0 Å². The van der Waals surface area contributed by atoms with Gasteiger partial charge in [-0.3, -0.25) is 4.79 Å². The van der Waals surface area contributed by atoms with Crippen LogP contribution in [0.25, 0.3) is 0 Å². The molecule has 2 rings (SSSR count). The predicted molar refractivity (Wildman–Crippen MR) is 83.0 cm³/mol. The summed E-state index contributed by atoms with van der Waals surface area (Å²) in [5.41, 5.74) is 1.00. The van der Waals surface area contributed by atoms with Crippen LogP contribution in [-0.4, -0.2) is 12.5 Å². The Morgan fingerprint density at radius 2 is 2.17 bits per heavy atom. The smallest absolute Gasteiger partial charge is 0.252 e. The number of carbonyl (C=O) groups excluding carboxylic acids is 1. The molecule has 1 amide bonds. The molecule has 0 bridgehead atoms. The molecule has 2 nitrogen and oxygen atoms in total. The molecule has 18 heavy (non-hydrogen) atoms. The molecular weight excluding hydrogens is 361 g/mol. The summed E-state index contributed by atoms with van der Waals surface area (Å²) in [6, 6.07) is 5.40. The lowest BCUT2D eigenvalue weighted by atomic mass is 9.92. The molecule has 0 aromatic heterocycles. The fourth-order valence-corrected chi connectivity index (χ4v) is 2.89. The number of carbonyl (C=O) groups is 1. The van der Waals surface area contributed by atoms with Crippen LogP contribution >= 0.6 is 34.2 Å². The summed E-state index contributed by atoms with van der Waals surface area (Å²) >= 11 is 8.09. The number of hydrogen-bond donors (Lipinski definition) is 1. The van der Waals surface area contributed by atoms with Crippen LogP contribution in [0.2, 0.25) is 5.02 Å². The van der Waals surface area contributed by atoms with Crippen LogP contribution in [0.15, 0.2) is 18.2 Å². The van der Waals surface area contributed by atoms with Gasteiger partial charge < -0.3 is 5.32 Å². The van der Waals surface area contributed by atoms with Gasteiger partial charge in [0.05, 0.1) is 5.56 Å². The van der Waals surface area contributed by atoms with Crippen LogP contribution in [0.4, 0.5) is 0 Å². The average Bonchev–Trinajstić information content (AvgIpc) is 3.10. The highest BCUT2D eigenvalue weighted by Crippen LogP contribution is 2.51. The monoisotopic (exact) mass is 377 g/mol. The van der Waals surface area contributed by atoms with Crippen LogP contribution in [-0.2, 0) is 0 Å². The zero-order valence-corrected chi connectivity index (χ0v) is 13.5. The van der Waals surface area contributed by atoms with E-state index in [-0.39, 0.29) is 5.91 Å². The second-order valence-electron chi connectivity index (χ2n) is 5.32. The number of benzene rings is 1. The van der Waals surface area contributed by atoms with Crippen LogP contribution in [0.5, 0.6) is 0 Å². The van der Waals surface area contributed by atoms with E-state index >= 15 is 0 Å². The largest absolute Gasteiger partial charge is 0.351 e. The fourth-order valence-electron chi connectivity index (χ4n) is 2.14. The number of nitrogens with one attached hydrogen (secondary N) is 1. The molecule has 0 radical (unpaired) electrons. The first-order valence-corrected chi connectivity index (χ1v) is 7.63. The molecular formula is C14H17ClINO. The Morgan fingerprint density at radius 1 is 1.50 bits per heavy atom. The second-order valence-corrected chi connectivity index (χ2v) is 6.92. The SMILES string of the molecule is CC(C)C1(CNC(=O)c2cc(Cl)ccc2I)CC1. The molecule has 0 unspecified atom stereocenters. The summed E-state index contributed by atoms with van der Waals surface area (Å²) in [7, 11) is 0. The number of hydrogen-bond acceptors (Lipinski definition) is 1. The van der Waals surface area contributed by atoms with Gasteiger partial charge in [0.2, 0.25) is 0 Å². The van der Waals surface area contributed by atoms with E-state index in [9.17, 15) is 4.79 Å². The molecule has 0 aliphatic heterocycles. The van der Waals surface area contributed by atoms with Crippen molar-refractivity contribution < 1.29 is 4.79 Å². The van der Waals surface area contributed by atoms with E-state index in [4.69, 9.17) is 11.6 Å². The van der Waals surface area contributed by atoms with Gasteiger partial charge in [0, 0.05) is 15.1 Å². The van der Waals surface area contributed by atoms with Crippen molar-refractivity contribution in [2.45, 2.75) is 26.7 Å². The normalized spacial score (nSPS) is 16.7. The summed E-state index contributed by atoms with van der Waals surface area (Å²) in [5, 5.41) is 3.65. The van der Waals surface area contributed by atoms with Crippen molar-refractivity contribution in [3.8, 4) is 0 Å². The lowest BCUT2D eigenvalue weighted by molar-refractivity contribution is 0.0939. The highest BCUT2D eigenvalue weighted by atomic mass is 127. The Labute approximate surface area is 127 Å². The molecule has 0 spiro atoms. The minimum absolute atomic E-state index is 0.0196. The van der Waals surface area contributed by atoms with Gasteiger partial charge in [-0.1, -0.05) is 25.4 Å². The van der Waals surface area contributed by atoms with Crippen LogP contribution in [0.3, 0.4) is 0 Å². The van der Waals surface area contributed by atoms with Gasteiger partial charge in [-0.25, -0.2) is 0 Å². The highest BCUT2D eigenvalue weighted by molar-refractivity contribution is 14.1. The molecule has 0 saturated heterocycles. The van der Waals surface area contributed by atoms with Gasteiger partial charge in [-0.05, 0) is 65.0 Å². The summed E-state index contributed by atoms with van der Waals surface area (Å²) in [6.07, 6.45) is 2.44. The summed E-state index contributed by atoms with van der Waals surface area (Å²) < 4.78 is 0.934. The third kappa shape index (κ3) is 2.99. The first kappa shape index (κ1) is 14.1. The van der Waals surface area contributed by atoms with Crippen molar-refractivity contribution in [3.05, 3.63) is 32.4 Å². The first-order valence-electron chi connectivity index (χ1n) is 6.18. The Bertz CT molecular complexity index is 469. The molecule has 1 N–H and O–H groups in total. The van der Waals surface area contributed by atoms with Crippen molar-refractivity contribution in [1.82, 2.24) is 5.32 Å². The highest BCUT2D eigenvalue weighted by Gasteiger charge is 2.45. The molecule has 1 aliphatic carbocycles. The van der Waals surface area contributed by atoms with E-state index in [1.807, 2.05) is 6.07 Å². The summed E-state index contributed by atoms with van der Waals surface area (Å²) in [4.78, 5) is 12.1. The fraction of sp³-hybridized carbons (Fsp3) is 0.500. The van der Waals surface area contributed by atoms with Gasteiger partial charge in [-0.2, -0.15) is 0 Å². The zero-order chi connectivity index (χ0) is 13.3. The van der Waals surface area contributed by atoms with E-state index in [1.165, 1.54) is 12.8 Å². The third-order valence-corrected chi connectivity index (χ3v) is 5.07. The molecule has 1 aromatic rings. The van der Waals surface area contributed by atoms with Gasteiger partial charge >= 0.3 is 0 Å². The minimum Gasteiger partial charge on any atom is -0.351 e. The number of halogens is 2. The lowest BCUT2D eigenvalue weighted by Gasteiger charge is -2.20. The molecule has 0 atom stereocenters. The van der Waals surface area contributed by atoms with Crippen LogP contribution in [0.1, 0.15) is 37.0 Å². The van der Waals surface area contributed by atoms with E-state index in [0.717, 1.165) is 10.1 Å². The third-order valence-electron chi connectivity index (χ3n) is 3.89. The maximum absolute atomic E-state index is 12.1. The van der Waals surface area contributed by atoms with Crippen molar-refractivity contribution in [2.24, 2.45) is 11.3 Å². The maximum atomic E-state index is 12.1. The second kappa shape index (κ2) is 5.37. The molecule has 4 heteroatoms. The van der Waals surface area contributed by atoms with Crippen molar-refractivity contribution >= 4 is 40.1 Å². The Hall–Kier alpha value is -0.290. The lowest BCUT2D eigenvalue weighted by Crippen LogP contribution is -2.33. The van der Waals surface area contributed by atoms with E-state index < -0.39 is 0 Å². The van der Waals surface area contributed by atoms with Gasteiger partial charge in [-0.15, -0.1) is 0 Å². The van der Waals surface area contributed by atoms with Gasteiger partial charge in [0.15, 0.2) is 0 Å². The topological polar surface area (TPSA) is 29.1 Å². The summed E-state index contributed by atoms with van der Waals surface area (Å²) in [6.45, 7) is 5.22. The number of amides is 1. The molecule has 1 fully saturated rings. The molecule has 0 heterocycles. The van der Waals surface area contributed by atoms with Crippen LogP contribution < -0.4 is 5.32 Å². The standard InChI is InChI=1S/C14H17ClINO/c1-9(2)14(5-6-14)8-17-13(18)11-7-10(15)3-4-12(11)16/h3-4,7,9H,5-6,8H2,1-2H3,(H,17,18). The summed E-state index contributed by atoms with van der Waals surface area (Å²) in [5.74, 6) is 0.602. The predicted octanol–water partition coefficient (Wildman–Crippen LogP) is 4.11. The van der Waals surface area contributed by atoms with Gasteiger partial charge in [0.25, 0.3) is 5.91 Å². The van der Waals surface area contributed by atoms with E-state index in [1.54, 1.807) is 12.1 Å².